The summed E-state index contributed by atoms with van der Waals surface area (Å²) in [5.41, 5.74) is 9.19. The lowest BCUT2D eigenvalue weighted by molar-refractivity contribution is 0.246. The lowest BCUT2D eigenvalue weighted by Gasteiger charge is -2.30. The quantitative estimate of drug-likeness (QED) is 0.864. The van der Waals surface area contributed by atoms with Crippen LogP contribution in [0.5, 0.6) is 0 Å². The lowest BCUT2D eigenvalue weighted by atomic mass is 9.92. The third-order valence-electron chi connectivity index (χ3n) is 4.32. The highest BCUT2D eigenvalue weighted by atomic mass is 15.1. The number of nitrogens with two attached hydrogens (primary N) is 1. The number of benzene rings is 1. The summed E-state index contributed by atoms with van der Waals surface area (Å²) in [5.74, 6) is 0.643. The van der Waals surface area contributed by atoms with Gasteiger partial charge in [-0.25, -0.2) is 0 Å². The van der Waals surface area contributed by atoms with Crippen LogP contribution in [0.15, 0.2) is 24.3 Å². The Bertz CT molecular complexity index is 390. The first-order chi connectivity index (χ1) is 8.48. The molecule has 2 unspecified atom stereocenters. The van der Waals surface area contributed by atoms with Crippen molar-refractivity contribution in [3.05, 3.63) is 35.4 Å². The molecule has 0 heterocycles. The van der Waals surface area contributed by atoms with Crippen LogP contribution in [0, 0.1) is 0 Å². The van der Waals surface area contributed by atoms with Crippen molar-refractivity contribution in [2.75, 3.05) is 14.1 Å². The van der Waals surface area contributed by atoms with Gasteiger partial charge in [-0.2, -0.15) is 0 Å². The van der Waals surface area contributed by atoms with Gasteiger partial charge in [0, 0.05) is 5.54 Å². The Labute approximate surface area is 111 Å². The van der Waals surface area contributed by atoms with E-state index < -0.39 is 0 Å². The van der Waals surface area contributed by atoms with Crippen LogP contribution in [0.2, 0.25) is 0 Å². The van der Waals surface area contributed by atoms with Crippen LogP contribution >= 0.6 is 0 Å². The van der Waals surface area contributed by atoms with Crippen LogP contribution < -0.4 is 5.73 Å². The molecule has 0 radical (unpaired) electrons. The summed E-state index contributed by atoms with van der Waals surface area (Å²) in [6.07, 6.45) is 3.48. The minimum Gasteiger partial charge on any atom is -0.323 e. The van der Waals surface area contributed by atoms with Crippen LogP contribution in [0.3, 0.4) is 0 Å². The number of nitrogens with zero attached hydrogens (tertiary/aromatic N) is 1. The molecular weight excluding hydrogens is 220 g/mol. The molecule has 18 heavy (non-hydrogen) atoms. The third kappa shape index (κ3) is 2.60. The van der Waals surface area contributed by atoms with Gasteiger partial charge in [0.1, 0.15) is 0 Å². The molecule has 0 amide bonds. The van der Waals surface area contributed by atoms with Crippen molar-refractivity contribution in [3.8, 4) is 0 Å². The summed E-state index contributed by atoms with van der Waals surface area (Å²) >= 11 is 0. The van der Waals surface area contributed by atoms with Crippen molar-refractivity contribution < 1.29 is 0 Å². The maximum Gasteiger partial charge on any atom is 0.0523 e. The smallest absolute Gasteiger partial charge is 0.0523 e. The van der Waals surface area contributed by atoms with Gasteiger partial charge >= 0.3 is 0 Å². The molecular formula is C16H26N2. The minimum absolute atomic E-state index is 0.00138. The van der Waals surface area contributed by atoms with Crippen molar-refractivity contribution in [2.45, 2.75) is 50.6 Å². The Balaban J connectivity index is 2.22. The van der Waals surface area contributed by atoms with Crippen LogP contribution in [-0.2, 0) is 0 Å². The summed E-state index contributed by atoms with van der Waals surface area (Å²) in [4.78, 5) is 2.26. The van der Waals surface area contributed by atoms with E-state index in [4.69, 9.17) is 5.73 Å². The summed E-state index contributed by atoms with van der Waals surface area (Å²) in [6, 6.07) is 9.42. The van der Waals surface area contributed by atoms with Gasteiger partial charge in [0.15, 0.2) is 0 Å². The summed E-state index contributed by atoms with van der Waals surface area (Å²) < 4.78 is 0. The standard InChI is InChI=1S/C16H26N2/c1-5-12(2)13-6-8-14(9-7-13)15(18(3)4)16(17)10-11-16/h6-9,12,15H,5,10-11,17H2,1-4H3. The van der Waals surface area contributed by atoms with Crippen LogP contribution in [-0.4, -0.2) is 24.5 Å². The molecule has 2 rings (SSSR count). The number of hydrogen-bond donors (Lipinski definition) is 1. The molecule has 0 bridgehead atoms. The molecule has 1 aromatic rings. The molecule has 0 aliphatic heterocycles. The Morgan fingerprint density at radius 2 is 1.67 bits per heavy atom. The molecule has 0 spiro atoms. The minimum atomic E-state index is 0.00138. The fourth-order valence-electron chi connectivity index (χ4n) is 2.80. The second kappa shape index (κ2) is 5.02. The van der Waals surface area contributed by atoms with Gasteiger partial charge in [-0.15, -0.1) is 0 Å². The first-order valence-electron chi connectivity index (χ1n) is 7.03. The predicted molar refractivity (Wildman–Crippen MR) is 77.7 cm³/mol. The van der Waals surface area contributed by atoms with Crippen molar-refractivity contribution in [1.82, 2.24) is 4.90 Å². The molecule has 1 aliphatic carbocycles. The van der Waals surface area contributed by atoms with Crippen molar-refractivity contribution in [3.63, 3.8) is 0 Å². The largest absolute Gasteiger partial charge is 0.323 e. The molecule has 2 nitrogen and oxygen atoms in total. The van der Waals surface area contributed by atoms with Crippen molar-refractivity contribution in [1.29, 1.82) is 0 Å². The summed E-state index contributed by atoms with van der Waals surface area (Å²) in [6.45, 7) is 4.52. The van der Waals surface area contributed by atoms with E-state index in [1.165, 1.54) is 17.5 Å². The Morgan fingerprint density at radius 3 is 2.06 bits per heavy atom. The third-order valence-corrected chi connectivity index (χ3v) is 4.32. The maximum absolute atomic E-state index is 6.41. The fraction of sp³-hybridized carbons (Fsp3) is 0.625. The van der Waals surface area contributed by atoms with Crippen molar-refractivity contribution in [2.24, 2.45) is 5.73 Å². The van der Waals surface area contributed by atoms with Crippen LogP contribution in [0.4, 0.5) is 0 Å². The first kappa shape index (κ1) is 13.6. The summed E-state index contributed by atoms with van der Waals surface area (Å²) in [7, 11) is 4.25. The highest BCUT2D eigenvalue weighted by Crippen LogP contribution is 2.46. The molecule has 2 heteroatoms. The van der Waals surface area contributed by atoms with E-state index in [1.807, 2.05) is 0 Å². The average Bonchev–Trinajstić information content (AvgIpc) is 3.07. The zero-order valence-electron chi connectivity index (χ0n) is 12.1. The van der Waals surface area contributed by atoms with E-state index >= 15 is 0 Å². The molecule has 1 aliphatic rings. The molecule has 0 aromatic heterocycles. The van der Waals surface area contributed by atoms with E-state index in [1.54, 1.807) is 0 Å². The van der Waals surface area contributed by atoms with Crippen molar-refractivity contribution >= 4 is 0 Å². The molecule has 1 saturated carbocycles. The van der Waals surface area contributed by atoms with E-state index in [-0.39, 0.29) is 5.54 Å². The highest BCUT2D eigenvalue weighted by Gasteiger charge is 2.47. The Kier molecular flexibility index (Phi) is 3.79. The van der Waals surface area contributed by atoms with E-state index in [2.05, 4.69) is 57.1 Å². The predicted octanol–water partition coefficient (Wildman–Crippen LogP) is 3.29. The van der Waals surface area contributed by atoms with E-state index in [9.17, 15) is 0 Å². The molecule has 100 valence electrons. The topological polar surface area (TPSA) is 29.3 Å². The maximum atomic E-state index is 6.41. The zero-order chi connectivity index (χ0) is 13.3. The van der Waals surface area contributed by atoms with Gasteiger partial charge in [0.2, 0.25) is 0 Å². The molecule has 2 N–H and O–H groups in total. The van der Waals surface area contributed by atoms with Gasteiger partial charge in [-0.3, -0.25) is 0 Å². The number of likely N-dealkylation sites (N-methyl/N-ethyl adjacent to an activating group) is 1. The lowest BCUT2D eigenvalue weighted by Crippen LogP contribution is -2.39. The van der Waals surface area contributed by atoms with Gasteiger partial charge < -0.3 is 10.6 Å². The van der Waals surface area contributed by atoms with Gasteiger partial charge in [-0.1, -0.05) is 38.1 Å². The molecule has 1 aromatic carbocycles. The Hall–Kier alpha value is -0.860. The van der Waals surface area contributed by atoms with Gasteiger partial charge in [0.05, 0.1) is 6.04 Å². The monoisotopic (exact) mass is 246 g/mol. The van der Waals surface area contributed by atoms with Gasteiger partial charge in [-0.05, 0) is 50.4 Å². The van der Waals surface area contributed by atoms with Crippen LogP contribution in [0.1, 0.15) is 56.2 Å². The highest BCUT2D eigenvalue weighted by molar-refractivity contribution is 5.31. The van der Waals surface area contributed by atoms with E-state index in [0.717, 1.165) is 12.8 Å². The SMILES string of the molecule is CCC(C)c1ccc(C(N(C)C)C2(N)CC2)cc1. The molecule has 2 atom stereocenters. The normalized spacial score (nSPS) is 20.8. The number of hydrogen-bond acceptors (Lipinski definition) is 2. The second-order valence-corrected chi connectivity index (χ2v) is 6.08. The summed E-state index contributed by atoms with van der Waals surface area (Å²) in [5, 5.41) is 0. The Morgan fingerprint density at radius 1 is 1.17 bits per heavy atom. The average molecular weight is 246 g/mol. The molecule has 1 fully saturated rings. The molecule has 0 saturated heterocycles. The second-order valence-electron chi connectivity index (χ2n) is 6.08. The fourth-order valence-corrected chi connectivity index (χ4v) is 2.80. The zero-order valence-corrected chi connectivity index (χ0v) is 12.1. The number of rotatable bonds is 5. The first-order valence-corrected chi connectivity index (χ1v) is 7.03. The van der Waals surface area contributed by atoms with Gasteiger partial charge in [0.25, 0.3) is 0 Å². The van der Waals surface area contributed by atoms with E-state index in [0.29, 0.717) is 12.0 Å². The van der Waals surface area contributed by atoms with Crippen LogP contribution in [0.25, 0.3) is 0 Å².